The van der Waals surface area contributed by atoms with Gasteiger partial charge in [0.05, 0.1) is 17.4 Å². The van der Waals surface area contributed by atoms with Crippen LogP contribution in [-0.4, -0.2) is 30.6 Å². The summed E-state index contributed by atoms with van der Waals surface area (Å²) in [5, 5.41) is 25.2. The van der Waals surface area contributed by atoms with Gasteiger partial charge in [-0.15, -0.1) is 10.2 Å². The van der Waals surface area contributed by atoms with E-state index in [2.05, 4.69) is 35.9 Å². The number of allylic oxidation sites excluding steroid dienone is 1. The third-order valence-electron chi connectivity index (χ3n) is 2.51. The van der Waals surface area contributed by atoms with E-state index in [0.717, 1.165) is 16.7 Å². The summed E-state index contributed by atoms with van der Waals surface area (Å²) >= 11 is 0. The minimum absolute atomic E-state index is 0.248. The Morgan fingerprint density at radius 3 is 3.16 bits per heavy atom. The van der Waals surface area contributed by atoms with Crippen LogP contribution in [0, 0.1) is 11.3 Å². The molecule has 2 aromatic heterocycles. The average molecular weight is 252 g/mol. The Morgan fingerprint density at radius 2 is 2.37 bits per heavy atom. The van der Waals surface area contributed by atoms with Crippen LogP contribution in [0.5, 0.6) is 0 Å². The molecule has 3 rings (SSSR count). The number of nitrogens with zero attached hydrogens (tertiary/aromatic N) is 5. The third-order valence-corrected chi connectivity index (χ3v) is 2.51. The van der Waals surface area contributed by atoms with Gasteiger partial charge in [0.2, 0.25) is 5.82 Å². The Bertz CT molecular complexity index is 761. The number of benzene rings is 1. The highest BCUT2D eigenvalue weighted by Crippen LogP contribution is 2.16. The fourth-order valence-electron chi connectivity index (χ4n) is 1.60. The van der Waals surface area contributed by atoms with Crippen LogP contribution in [0.25, 0.3) is 16.6 Å². The highest BCUT2D eigenvalue weighted by molar-refractivity contribution is 5.80. The molecule has 19 heavy (non-hydrogen) atoms. The van der Waals surface area contributed by atoms with Crippen LogP contribution in [0.4, 0.5) is 5.69 Å². The summed E-state index contributed by atoms with van der Waals surface area (Å²) in [5.74, 6) is 0.248. The van der Waals surface area contributed by atoms with Crippen LogP contribution in [0.1, 0.15) is 5.82 Å². The topological polar surface area (TPSA) is 119 Å². The number of aromatic amines is 2. The van der Waals surface area contributed by atoms with Crippen molar-refractivity contribution in [2.75, 3.05) is 5.32 Å². The zero-order valence-electron chi connectivity index (χ0n) is 9.62. The molecule has 3 N–H and O–H groups in total. The zero-order valence-corrected chi connectivity index (χ0v) is 9.62. The second kappa shape index (κ2) is 4.58. The first-order valence-corrected chi connectivity index (χ1v) is 5.40. The summed E-state index contributed by atoms with van der Waals surface area (Å²) in [7, 11) is 0. The van der Waals surface area contributed by atoms with E-state index in [4.69, 9.17) is 5.26 Å². The van der Waals surface area contributed by atoms with Gasteiger partial charge in [0, 0.05) is 11.9 Å². The van der Waals surface area contributed by atoms with E-state index in [-0.39, 0.29) is 5.82 Å². The van der Waals surface area contributed by atoms with Crippen LogP contribution in [0.3, 0.4) is 0 Å². The van der Waals surface area contributed by atoms with Crippen LogP contribution < -0.4 is 5.32 Å². The minimum Gasteiger partial charge on any atom is -0.360 e. The number of fused-ring (bicyclic) bond motifs is 1. The quantitative estimate of drug-likeness (QED) is 0.599. The summed E-state index contributed by atoms with van der Waals surface area (Å²) in [4.78, 5) is 7.14. The smallest absolute Gasteiger partial charge is 0.216 e. The molecule has 0 atom stereocenters. The van der Waals surface area contributed by atoms with Gasteiger partial charge in [-0.25, -0.2) is 4.98 Å². The molecule has 2 heterocycles. The van der Waals surface area contributed by atoms with Crippen molar-refractivity contribution in [3.63, 3.8) is 0 Å². The number of hydrogen-bond acceptors (Lipinski definition) is 6. The Labute approximate surface area is 107 Å². The summed E-state index contributed by atoms with van der Waals surface area (Å²) in [6.45, 7) is 0. The molecule has 0 amide bonds. The molecule has 1 aromatic carbocycles. The highest BCUT2D eigenvalue weighted by Gasteiger charge is 2.05. The van der Waals surface area contributed by atoms with Gasteiger partial charge < -0.3 is 10.3 Å². The van der Waals surface area contributed by atoms with Crippen LogP contribution >= 0.6 is 0 Å². The number of tetrazole rings is 1. The van der Waals surface area contributed by atoms with Gasteiger partial charge in [-0.1, -0.05) is 0 Å². The normalized spacial score (nSPS) is 11.4. The average Bonchev–Trinajstić information content (AvgIpc) is 3.10. The Hall–Kier alpha value is -3.21. The monoisotopic (exact) mass is 252 g/mol. The maximum absolute atomic E-state index is 9.02. The zero-order chi connectivity index (χ0) is 13.1. The fourth-order valence-corrected chi connectivity index (χ4v) is 1.60. The van der Waals surface area contributed by atoms with E-state index in [0.29, 0.717) is 5.57 Å². The number of aromatic nitrogens is 6. The van der Waals surface area contributed by atoms with E-state index in [9.17, 15) is 0 Å². The molecule has 0 radical (unpaired) electrons. The molecule has 0 saturated heterocycles. The number of H-pyrrole nitrogens is 2. The first kappa shape index (κ1) is 10.9. The van der Waals surface area contributed by atoms with Gasteiger partial charge in [-0.3, -0.25) is 0 Å². The molecule has 0 bridgehead atoms. The lowest BCUT2D eigenvalue weighted by Crippen LogP contribution is -1.92. The third kappa shape index (κ3) is 2.12. The van der Waals surface area contributed by atoms with Crippen molar-refractivity contribution in [1.29, 1.82) is 5.26 Å². The van der Waals surface area contributed by atoms with Gasteiger partial charge in [0.15, 0.2) is 0 Å². The van der Waals surface area contributed by atoms with Gasteiger partial charge >= 0.3 is 0 Å². The number of imidazole rings is 1. The Morgan fingerprint density at radius 1 is 1.42 bits per heavy atom. The number of anilines is 1. The van der Waals surface area contributed by atoms with Crippen molar-refractivity contribution in [2.24, 2.45) is 0 Å². The van der Waals surface area contributed by atoms with E-state index in [1.54, 1.807) is 6.33 Å². The predicted octanol–water partition coefficient (Wildman–Crippen LogP) is 1.05. The maximum Gasteiger partial charge on any atom is 0.216 e. The molecule has 8 heteroatoms. The Balaban J connectivity index is 1.86. The molecule has 0 unspecified atom stereocenters. The second-order valence-electron chi connectivity index (χ2n) is 3.68. The Kier molecular flexibility index (Phi) is 2.63. The number of nitrogens with one attached hydrogen (secondary N) is 3. The number of nitriles is 1. The van der Waals surface area contributed by atoms with Crippen LogP contribution in [-0.2, 0) is 0 Å². The molecule has 0 aliphatic rings. The maximum atomic E-state index is 9.02. The lowest BCUT2D eigenvalue weighted by molar-refractivity contribution is 0.881. The summed E-state index contributed by atoms with van der Waals surface area (Å²) in [6, 6.07) is 7.64. The molecule has 8 nitrogen and oxygen atoms in total. The van der Waals surface area contributed by atoms with Gasteiger partial charge in [-0.05, 0) is 23.4 Å². The lowest BCUT2D eigenvalue weighted by atomic mass is 10.2. The molecule has 0 aliphatic heterocycles. The molecule has 0 fully saturated rings. The van der Waals surface area contributed by atoms with Crippen molar-refractivity contribution in [1.82, 2.24) is 30.6 Å². The SMILES string of the molecule is N#CC(=CNc1ccc2nc[nH]c2c1)c1nn[nH]n1. The largest absolute Gasteiger partial charge is 0.360 e. The van der Waals surface area contributed by atoms with Crippen LogP contribution in [0.2, 0.25) is 0 Å². The highest BCUT2D eigenvalue weighted by atomic mass is 15.5. The van der Waals surface area contributed by atoms with E-state index in [1.165, 1.54) is 6.20 Å². The summed E-state index contributed by atoms with van der Waals surface area (Å²) in [6.07, 6.45) is 3.16. The molecule has 92 valence electrons. The molecule has 3 aromatic rings. The number of hydrogen-bond donors (Lipinski definition) is 3. The first-order valence-electron chi connectivity index (χ1n) is 5.40. The van der Waals surface area contributed by atoms with E-state index < -0.39 is 0 Å². The van der Waals surface area contributed by atoms with Crippen LogP contribution in [0.15, 0.2) is 30.7 Å². The van der Waals surface area contributed by atoms with Gasteiger partial charge in [-0.2, -0.15) is 10.5 Å². The molecular weight excluding hydrogens is 244 g/mol. The van der Waals surface area contributed by atoms with Gasteiger partial charge in [0.25, 0.3) is 0 Å². The lowest BCUT2D eigenvalue weighted by Gasteiger charge is -2.00. The van der Waals surface area contributed by atoms with Crippen molar-refractivity contribution in [2.45, 2.75) is 0 Å². The predicted molar refractivity (Wildman–Crippen MR) is 67.5 cm³/mol. The van der Waals surface area contributed by atoms with Crippen molar-refractivity contribution in [3.05, 3.63) is 36.6 Å². The van der Waals surface area contributed by atoms with Crippen molar-refractivity contribution in [3.8, 4) is 6.07 Å². The standard InChI is InChI=1S/C11H8N8/c12-4-7(11-16-18-19-17-11)5-13-8-1-2-9-10(3-8)15-6-14-9/h1-3,5-6,13H,(H,14,15)(H,16,17,18,19). The molecule has 0 saturated carbocycles. The van der Waals surface area contributed by atoms with E-state index >= 15 is 0 Å². The second-order valence-corrected chi connectivity index (χ2v) is 3.68. The van der Waals surface area contributed by atoms with Gasteiger partial charge in [0.1, 0.15) is 11.6 Å². The summed E-state index contributed by atoms with van der Waals surface area (Å²) in [5.41, 5.74) is 2.91. The molecule has 0 aliphatic carbocycles. The fraction of sp³-hybridized carbons (Fsp3) is 0. The first-order chi connectivity index (χ1) is 9.36. The molecule has 0 spiro atoms. The summed E-state index contributed by atoms with van der Waals surface area (Å²) < 4.78 is 0. The van der Waals surface area contributed by atoms with Crippen molar-refractivity contribution >= 4 is 22.3 Å². The number of rotatable bonds is 3. The molecular formula is C11H8N8. The van der Waals surface area contributed by atoms with E-state index in [1.807, 2.05) is 24.3 Å². The van der Waals surface area contributed by atoms with Crippen molar-refractivity contribution < 1.29 is 0 Å². The minimum atomic E-state index is 0.248.